The molecule has 1 heterocycles. The Kier molecular flexibility index (Phi) is 12.3. The van der Waals surface area contributed by atoms with Gasteiger partial charge in [-0.05, 0) is 20.3 Å². The maximum Gasteiger partial charge on any atom is 0.253 e. The van der Waals surface area contributed by atoms with Crippen LogP contribution in [0.2, 0.25) is 0 Å². The second-order valence-electron chi connectivity index (χ2n) is 4.24. The van der Waals surface area contributed by atoms with Crippen LogP contribution in [0.15, 0.2) is 12.2 Å². The number of imide groups is 1. The number of carbonyl (C=O) groups is 2. The van der Waals surface area contributed by atoms with Gasteiger partial charge in [0.15, 0.2) is 0 Å². The Labute approximate surface area is 122 Å². The van der Waals surface area contributed by atoms with E-state index >= 15 is 0 Å². The zero-order valence-corrected chi connectivity index (χ0v) is 13.6. The molecule has 0 atom stereocenters. The zero-order chi connectivity index (χ0) is 16.2. The van der Waals surface area contributed by atoms with Crippen molar-refractivity contribution in [3.63, 3.8) is 0 Å². The number of aliphatic hydroxyl groups is 1. The van der Waals surface area contributed by atoms with Crippen molar-refractivity contribution in [2.75, 3.05) is 19.8 Å². The molecular formula is C15H29NO4. The molecule has 1 N–H and O–H groups in total. The highest BCUT2D eigenvalue weighted by molar-refractivity contribution is 6.12. The highest BCUT2D eigenvalue weighted by Crippen LogP contribution is 2.13. The fourth-order valence-corrected chi connectivity index (χ4v) is 1.41. The summed E-state index contributed by atoms with van der Waals surface area (Å²) in [4.78, 5) is 23.5. The molecule has 2 amide bonds. The average molecular weight is 287 g/mol. The van der Waals surface area contributed by atoms with Crippen LogP contribution >= 0.6 is 0 Å². The standard InChI is InChI=1S/C11H17NO4.2C2H6/c1-11(2,5-7-13)16-8-6-12-9(14)3-4-10(12)15;2*1-2/h3-4,13H,5-8H2,1-2H3;2*1-2H3. The summed E-state index contributed by atoms with van der Waals surface area (Å²) in [6.07, 6.45) is 3.02. The Morgan fingerprint density at radius 1 is 1.10 bits per heavy atom. The Balaban J connectivity index is 0. The van der Waals surface area contributed by atoms with Crippen LogP contribution in [0.25, 0.3) is 0 Å². The molecule has 5 heteroatoms. The molecule has 0 saturated carbocycles. The molecule has 1 rings (SSSR count). The first-order valence-electron chi connectivity index (χ1n) is 7.24. The molecule has 5 nitrogen and oxygen atoms in total. The van der Waals surface area contributed by atoms with Crippen LogP contribution in [0.3, 0.4) is 0 Å². The Hall–Kier alpha value is -1.20. The van der Waals surface area contributed by atoms with Crippen molar-refractivity contribution >= 4 is 11.8 Å². The third kappa shape index (κ3) is 8.07. The minimum atomic E-state index is -0.437. The molecule has 0 aromatic carbocycles. The van der Waals surface area contributed by atoms with Crippen LogP contribution in [0.4, 0.5) is 0 Å². The summed E-state index contributed by atoms with van der Waals surface area (Å²) in [6, 6.07) is 0. The normalized spacial score (nSPS) is 13.7. The van der Waals surface area contributed by atoms with Gasteiger partial charge in [0, 0.05) is 18.8 Å². The number of nitrogens with zero attached hydrogens (tertiary/aromatic N) is 1. The Bertz CT molecular complexity index is 293. The highest BCUT2D eigenvalue weighted by Gasteiger charge is 2.24. The monoisotopic (exact) mass is 287 g/mol. The smallest absolute Gasteiger partial charge is 0.253 e. The molecule has 0 aromatic heterocycles. The summed E-state index contributed by atoms with van der Waals surface area (Å²) in [7, 11) is 0. The van der Waals surface area contributed by atoms with E-state index in [0.717, 1.165) is 4.90 Å². The van der Waals surface area contributed by atoms with Gasteiger partial charge in [-0.15, -0.1) is 0 Å². The first-order chi connectivity index (χ1) is 9.46. The summed E-state index contributed by atoms with van der Waals surface area (Å²) in [5, 5.41) is 8.79. The summed E-state index contributed by atoms with van der Waals surface area (Å²) in [6.45, 7) is 12.3. The molecule has 118 valence electrons. The lowest BCUT2D eigenvalue weighted by molar-refractivity contribution is -0.139. The zero-order valence-electron chi connectivity index (χ0n) is 13.6. The molecule has 0 spiro atoms. The summed E-state index contributed by atoms with van der Waals surface area (Å²) < 4.78 is 5.49. The fraction of sp³-hybridized carbons (Fsp3) is 0.733. The molecule has 0 saturated heterocycles. The van der Waals surface area contributed by atoms with Crippen LogP contribution in [-0.2, 0) is 14.3 Å². The average Bonchev–Trinajstić information content (AvgIpc) is 2.75. The second-order valence-corrected chi connectivity index (χ2v) is 4.24. The number of hydrogen-bond donors (Lipinski definition) is 1. The SMILES string of the molecule is CC.CC.CC(C)(CCO)OCCN1C(=O)C=CC1=O. The van der Waals surface area contributed by atoms with Gasteiger partial charge < -0.3 is 9.84 Å². The lowest BCUT2D eigenvalue weighted by Crippen LogP contribution is -2.36. The van der Waals surface area contributed by atoms with E-state index in [9.17, 15) is 9.59 Å². The summed E-state index contributed by atoms with van der Waals surface area (Å²) >= 11 is 0. The second kappa shape index (κ2) is 11.6. The topological polar surface area (TPSA) is 66.8 Å². The maximum absolute atomic E-state index is 11.2. The number of carbonyl (C=O) groups excluding carboxylic acids is 2. The molecule has 0 bridgehead atoms. The van der Waals surface area contributed by atoms with Crippen LogP contribution in [0.1, 0.15) is 48.0 Å². The summed E-state index contributed by atoms with van der Waals surface area (Å²) in [5.41, 5.74) is -0.437. The van der Waals surface area contributed by atoms with E-state index in [1.54, 1.807) is 0 Å². The maximum atomic E-state index is 11.2. The van der Waals surface area contributed by atoms with Crippen molar-refractivity contribution in [3.8, 4) is 0 Å². The number of amides is 2. The number of hydrogen-bond acceptors (Lipinski definition) is 4. The van der Waals surface area contributed by atoms with Crippen molar-refractivity contribution in [2.24, 2.45) is 0 Å². The third-order valence-electron chi connectivity index (χ3n) is 2.42. The van der Waals surface area contributed by atoms with Crippen LogP contribution in [0, 0.1) is 0 Å². The van der Waals surface area contributed by atoms with E-state index in [-0.39, 0.29) is 31.6 Å². The quantitative estimate of drug-likeness (QED) is 0.760. The first kappa shape index (κ1) is 21.1. The molecule has 0 unspecified atom stereocenters. The molecule has 0 aliphatic carbocycles. The molecule has 0 radical (unpaired) electrons. The van der Waals surface area contributed by atoms with E-state index in [1.165, 1.54) is 12.2 Å². The summed E-state index contributed by atoms with van der Waals surface area (Å²) in [5.74, 6) is -0.595. The van der Waals surface area contributed by atoms with Gasteiger partial charge in [0.05, 0.1) is 18.8 Å². The largest absolute Gasteiger partial charge is 0.396 e. The van der Waals surface area contributed by atoms with Crippen LogP contribution in [0.5, 0.6) is 0 Å². The van der Waals surface area contributed by atoms with Crippen molar-refractivity contribution in [1.29, 1.82) is 0 Å². The van der Waals surface area contributed by atoms with Crippen molar-refractivity contribution in [1.82, 2.24) is 4.90 Å². The van der Waals surface area contributed by atoms with Gasteiger partial charge in [-0.25, -0.2) is 0 Å². The van der Waals surface area contributed by atoms with Crippen molar-refractivity contribution in [2.45, 2.75) is 53.6 Å². The van der Waals surface area contributed by atoms with E-state index in [0.29, 0.717) is 6.42 Å². The minimum Gasteiger partial charge on any atom is -0.396 e. The van der Waals surface area contributed by atoms with Crippen molar-refractivity contribution < 1.29 is 19.4 Å². The Morgan fingerprint density at radius 2 is 1.55 bits per heavy atom. The molecule has 1 aliphatic rings. The van der Waals surface area contributed by atoms with Crippen LogP contribution < -0.4 is 0 Å². The van der Waals surface area contributed by atoms with Gasteiger partial charge in [-0.3, -0.25) is 14.5 Å². The van der Waals surface area contributed by atoms with Gasteiger partial charge >= 0.3 is 0 Å². The Morgan fingerprint density at radius 3 is 1.95 bits per heavy atom. The van der Waals surface area contributed by atoms with Crippen LogP contribution in [-0.4, -0.2) is 47.2 Å². The number of aliphatic hydroxyl groups excluding tert-OH is 1. The predicted octanol–water partition coefficient (Wildman–Crippen LogP) is 2.14. The van der Waals surface area contributed by atoms with E-state index in [2.05, 4.69) is 0 Å². The van der Waals surface area contributed by atoms with Gasteiger partial charge in [-0.1, -0.05) is 27.7 Å². The molecule has 0 fully saturated rings. The molecule has 0 aromatic rings. The van der Waals surface area contributed by atoms with E-state index in [1.807, 2.05) is 41.5 Å². The molecular weight excluding hydrogens is 258 g/mol. The molecule has 1 aliphatic heterocycles. The van der Waals surface area contributed by atoms with Gasteiger partial charge in [0.25, 0.3) is 11.8 Å². The lowest BCUT2D eigenvalue weighted by Gasteiger charge is -2.25. The predicted molar refractivity (Wildman–Crippen MR) is 80.3 cm³/mol. The van der Waals surface area contributed by atoms with Gasteiger partial charge in [0.2, 0.25) is 0 Å². The van der Waals surface area contributed by atoms with E-state index < -0.39 is 5.60 Å². The van der Waals surface area contributed by atoms with Gasteiger partial charge in [-0.2, -0.15) is 0 Å². The minimum absolute atomic E-state index is 0.0517. The molecule has 20 heavy (non-hydrogen) atoms. The van der Waals surface area contributed by atoms with Crippen molar-refractivity contribution in [3.05, 3.63) is 12.2 Å². The van der Waals surface area contributed by atoms with E-state index in [4.69, 9.17) is 9.84 Å². The first-order valence-corrected chi connectivity index (χ1v) is 7.24. The number of ether oxygens (including phenoxy) is 1. The van der Waals surface area contributed by atoms with Gasteiger partial charge in [0.1, 0.15) is 0 Å². The fourth-order valence-electron chi connectivity index (χ4n) is 1.41. The third-order valence-corrected chi connectivity index (χ3v) is 2.42. The number of rotatable bonds is 6. The highest BCUT2D eigenvalue weighted by atomic mass is 16.5. The lowest BCUT2D eigenvalue weighted by atomic mass is 10.1.